The van der Waals surface area contributed by atoms with E-state index in [0.717, 1.165) is 0 Å². The van der Waals surface area contributed by atoms with Gasteiger partial charge in [-0.15, -0.1) is 0 Å². The Morgan fingerprint density at radius 1 is 1.50 bits per heavy atom. The Bertz CT molecular complexity index is 582. The van der Waals surface area contributed by atoms with Crippen molar-refractivity contribution in [2.45, 2.75) is 6.92 Å². The van der Waals surface area contributed by atoms with Gasteiger partial charge < -0.3 is 10.1 Å². The van der Waals surface area contributed by atoms with Crippen LogP contribution in [0, 0.1) is 0 Å². The fraction of sp³-hybridized carbons (Fsp3) is 0.182. The molecule has 0 aromatic carbocycles. The highest BCUT2D eigenvalue weighted by molar-refractivity contribution is 6.32. The number of anilines is 1. The third kappa shape index (κ3) is 2.60. The molecule has 0 aliphatic carbocycles. The van der Waals surface area contributed by atoms with Gasteiger partial charge in [0, 0.05) is 13.0 Å². The molecule has 7 heteroatoms. The second-order valence-corrected chi connectivity index (χ2v) is 3.90. The van der Waals surface area contributed by atoms with Gasteiger partial charge in [-0.2, -0.15) is 5.10 Å². The Kier molecular flexibility index (Phi) is 3.47. The molecule has 0 saturated carbocycles. The average molecular weight is 267 g/mol. The van der Waals surface area contributed by atoms with Crippen molar-refractivity contribution in [1.29, 1.82) is 0 Å². The summed E-state index contributed by atoms with van der Waals surface area (Å²) in [4.78, 5) is 15.0. The number of methoxy groups -OCH3 is 1. The zero-order chi connectivity index (χ0) is 13.1. The van der Waals surface area contributed by atoms with Gasteiger partial charge in [-0.3, -0.25) is 9.78 Å². The van der Waals surface area contributed by atoms with Crippen molar-refractivity contribution in [1.82, 2.24) is 14.8 Å². The minimum Gasteiger partial charge on any atom is -0.495 e. The lowest BCUT2D eigenvalue weighted by Gasteiger charge is -2.03. The number of ether oxygens (including phenoxy) is 1. The zero-order valence-electron chi connectivity index (χ0n) is 9.85. The molecule has 0 saturated heterocycles. The fourth-order valence-corrected chi connectivity index (χ4v) is 1.58. The summed E-state index contributed by atoms with van der Waals surface area (Å²) in [6, 6.07) is 1.76. The third-order valence-electron chi connectivity index (χ3n) is 2.18. The number of nitrogens with zero attached hydrogens (tertiary/aromatic N) is 3. The van der Waals surface area contributed by atoms with Crippen molar-refractivity contribution in [3.05, 3.63) is 29.8 Å². The lowest BCUT2D eigenvalue weighted by molar-refractivity contribution is -0.114. The van der Waals surface area contributed by atoms with Gasteiger partial charge in [-0.25, -0.2) is 4.68 Å². The number of pyridine rings is 1. The van der Waals surface area contributed by atoms with Crippen LogP contribution in [0.2, 0.25) is 5.15 Å². The van der Waals surface area contributed by atoms with Crippen LogP contribution >= 0.6 is 11.6 Å². The molecule has 0 radical (unpaired) electrons. The summed E-state index contributed by atoms with van der Waals surface area (Å²) < 4.78 is 6.59. The van der Waals surface area contributed by atoms with Crippen molar-refractivity contribution in [3.8, 4) is 11.4 Å². The van der Waals surface area contributed by atoms with Crippen LogP contribution in [0.4, 0.5) is 5.69 Å². The fourth-order valence-electron chi connectivity index (χ4n) is 1.40. The molecule has 6 nitrogen and oxygen atoms in total. The van der Waals surface area contributed by atoms with Crippen LogP contribution in [0.25, 0.3) is 5.69 Å². The Morgan fingerprint density at radius 2 is 2.28 bits per heavy atom. The normalized spacial score (nSPS) is 10.2. The number of nitrogens with one attached hydrogen (secondary N) is 1. The molecule has 94 valence electrons. The van der Waals surface area contributed by atoms with Gasteiger partial charge >= 0.3 is 0 Å². The molecule has 0 fully saturated rings. The Balaban J connectivity index is 2.35. The van der Waals surface area contributed by atoms with Crippen LogP contribution in [-0.2, 0) is 4.79 Å². The van der Waals surface area contributed by atoms with Crippen molar-refractivity contribution in [3.63, 3.8) is 0 Å². The first kappa shape index (κ1) is 12.4. The topological polar surface area (TPSA) is 69.0 Å². The van der Waals surface area contributed by atoms with E-state index in [1.165, 1.54) is 11.6 Å². The first-order valence-electron chi connectivity index (χ1n) is 5.12. The summed E-state index contributed by atoms with van der Waals surface area (Å²) in [5.74, 6) is 0.403. The summed E-state index contributed by atoms with van der Waals surface area (Å²) in [5.41, 5.74) is 1.14. The molecule has 0 aliphatic rings. The van der Waals surface area contributed by atoms with Crippen molar-refractivity contribution in [2.75, 3.05) is 12.4 Å². The third-order valence-corrected chi connectivity index (χ3v) is 2.46. The summed E-state index contributed by atoms with van der Waals surface area (Å²) in [6.07, 6.45) is 4.81. The Morgan fingerprint density at radius 3 is 2.94 bits per heavy atom. The first-order chi connectivity index (χ1) is 8.60. The van der Waals surface area contributed by atoms with Crippen LogP contribution in [0.15, 0.2) is 24.7 Å². The predicted molar refractivity (Wildman–Crippen MR) is 67.2 cm³/mol. The molecule has 18 heavy (non-hydrogen) atoms. The van der Waals surface area contributed by atoms with E-state index in [2.05, 4.69) is 15.4 Å². The molecule has 1 amide bonds. The van der Waals surface area contributed by atoms with E-state index in [4.69, 9.17) is 16.3 Å². The van der Waals surface area contributed by atoms with Crippen LogP contribution in [0.1, 0.15) is 6.92 Å². The molecular formula is C11H11ClN4O2. The summed E-state index contributed by atoms with van der Waals surface area (Å²) in [7, 11) is 1.56. The van der Waals surface area contributed by atoms with E-state index in [1.54, 1.807) is 31.8 Å². The number of hydrogen-bond donors (Lipinski definition) is 1. The molecule has 2 aromatic rings. The van der Waals surface area contributed by atoms with E-state index in [9.17, 15) is 4.79 Å². The number of carbonyl (C=O) groups excluding carboxylic acids is 1. The number of aromatic nitrogens is 3. The van der Waals surface area contributed by atoms with Gasteiger partial charge in [0.15, 0.2) is 5.15 Å². The first-order valence-corrected chi connectivity index (χ1v) is 5.50. The Hall–Kier alpha value is -2.08. The minimum absolute atomic E-state index is 0.208. The van der Waals surface area contributed by atoms with E-state index in [-0.39, 0.29) is 11.1 Å². The summed E-state index contributed by atoms with van der Waals surface area (Å²) >= 11 is 5.91. The summed E-state index contributed by atoms with van der Waals surface area (Å²) in [6.45, 7) is 1.40. The highest BCUT2D eigenvalue weighted by atomic mass is 35.5. The monoisotopic (exact) mass is 266 g/mol. The van der Waals surface area contributed by atoms with Gasteiger partial charge in [0.25, 0.3) is 0 Å². The second-order valence-electron chi connectivity index (χ2n) is 3.54. The number of halogens is 1. The molecule has 2 rings (SSSR count). The SMILES string of the molecule is COc1cncc(-n2cc(NC(C)=O)c(Cl)n2)c1. The second kappa shape index (κ2) is 5.05. The lowest BCUT2D eigenvalue weighted by Crippen LogP contribution is -2.05. The maximum Gasteiger partial charge on any atom is 0.221 e. The van der Waals surface area contributed by atoms with Crippen LogP contribution in [0.3, 0.4) is 0 Å². The predicted octanol–water partition coefficient (Wildman–Crippen LogP) is 1.89. The van der Waals surface area contributed by atoms with Gasteiger partial charge in [0.2, 0.25) is 5.91 Å². The number of amides is 1. The molecule has 0 unspecified atom stereocenters. The molecule has 1 N–H and O–H groups in total. The molecule has 0 atom stereocenters. The van der Waals surface area contributed by atoms with Crippen molar-refractivity contribution < 1.29 is 9.53 Å². The van der Waals surface area contributed by atoms with Gasteiger partial charge in [0.1, 0.15) is 5.75 Å². The molecule has 0 spiro atoms. The Labute approximate surface area is 109 Å². The highest BCUT2D eigenvalue weighted by Crippen LogP contribution is 2.22. The smallest absolute Gasteiger partial charge is 0.221 e. The minimum atomic E-state index is -0.208. The summed E-state index contributed by atoms with van der Waals surface area (Å²) in [5, 5.41) is 6.88. The van der Waals surface area contributed by atoms with Crippen LogP contribution in [0.5, 0.6) is 5.75 Å². The lowest BCUT2D eigenvalue weighted by atomic mass is 10.4. The number of carbonyl (C=O) groups is 1. The molecular weight excluding hydrogens is 256 g/mol. The highest BCUT2D eigenvalue weighted by Gasteiger charge is 2.09. The van der Waals surface area contributed by atoms with E-state index in [0.29, 0.717) is 17.1 Å². The van der Waals surface area contributed by atoms with E-state index >= 15 is 0 Å². The van der Waals surface area contributed by atoms with Crippen molar-refractivity contribution in [2.24, 2.45) is 0 Å². The maximum atomic E-state index is 11.0. The molecule has 2 aromatic heterocycles. The molecule has 0 bridgehead atoms. The van der Waals surface area contributed by atoms with Crippen LogP contribution < -0.4 is 10.1 Å². The van der Waals surface area contributed by atoms with E-state index < -0.39 is 0 Å². The van der Waals surface area contributed by atoms with Gasteiger partial charge in [-0.05, 0) is 0 Å². The van der Waals surface area contributed by atoms with E-state index in [1.807, 2.05) is 0 Å². The zero-order valence-corrected chi connectivity index (χ0v) is 10.6. The number of rotatable bonds is 3. The van der Waals surface area contributed by atoms with Crippen LogP contribution in [-0.4, -0.2) is 27.8 Å². The van der Waals surface area contributed by atoms with Gasteiger partial charge in [-0.1, -0.05) is 11.6 Å². The standard InChI is InChI=1S/C11H11ClN4O2/c1-7(17)14-10-6-16(15-11(10)12)8-3-9(18-2)5-13-4-8/h3-6H,1-2H3,(H,14,17). The number of hydrogen-bond acceptors (Lipinski definition) is 4. The average Bonchev–Trinajstić information content (AvgIpc) is 2.70. The molecule has 0 aliphatic heterocycles. The van der Waals surface area contributed by atoms with Crippen molar-refractivity contribution >= 4 is 23.2 Å². The van der Waals surface area contributed by atoms with Gasteiger partial charge in [0.05, 0.1) is 37.1 Å². The largest absolute Gasteiger partial charge is 0.495 e. The maximum absolute atomic E-state index is 11.0. The quantitative estimate of drug-likeness (QED) is 0.921. The molecule has 2 heterocycles.